The molecule has 0 bridgehead atoms. The number of nitrogens with zero attached hydrogens (tertiary/aromatic N) is 2. The minimum absolute atomic E-state index is 0.251. The van der Waals surface area contributed by atoms with Gasteiger partial charge >= 0.3 is 11.9 Å². The second kappa shape index (κ2) is 11.4. The molecule has 1 aliphatic carbocycles. The Morgan fingerprint density at radius 1 is 1.13 bits per heavy atom. The van der Waals surface area contributed by atoms with Gasteiger partial charge in [0.05, 0.1) is 23.3 Å². The van der Waals surface area contributed by atoms with Crippen molar-refractivity contribution in [3.8, 4) is 0 Å². The second-order valence-electron chi connectivity index (χ2n) is 10.4. The van der Waals surface area contributed by atoms with Crippen molar-refractivity contribution in [1.29, 1.82) is 0 Å². The summed E-state index contributed by atoms with van der Waals surface area (Å²) in [6, 6.07) is 7.54. The fraction of sp³-hybridized carbons (Fsp3) is 0.467. The maximum Gasteiger partial charge on any atom is 0.341 e. The van der Waals surface area contributed by atoms with E-state index < -0.39 is 23.9 Å². The summed E-state index contributed by atoms with van der Waals surface area (Å²) in [4.78, 5) is 47.9. The first-order valence-corrected chi connectivity index (χ1v) is 14.6. The van der Waals surface area contributed by atoms with Crippen molar-refractivity contribution in [3.05, 3.63) is 57.1 Å². The van der Waals surface area contributed by atoms with E-state index in [1.54, 1.807) is 13.8 Å². The molecular formula is C30H35N3O5S. The topological polar surface area (TPSA) is 97.8 Å². The molecule has 1 aromatic carbocycles. The predicted molar refractivity (Wildman–Crippen MR) is 151 cm³/mol. The molecule has 2 aromatic heterocycles. The number of likely N-dealkylation sites (N-methyl/N-ethyl adjacent to an activating group) is 1. The fourth-order valence-electron chi connectivity index (χ4n) is 5.49. The van der Waals surface area contributed by atoms with Gasteiger partial charge < -0.3 is 14.8 Å². The zero-order valence-electron chi connectivity index (χ0n) is 23.0. The number of carbonyl (C=O) groups is 3. The van der Waals surface area contributed by atoms with Gasteiger partial charge in [-0.1, -0.05) is 32.0 Å². The van der Waals surface area contributed by atoms with Crippen LogP contribution in [0.1, 0.15) is 76.5 Å². The molecule has 1 N–H and O–H groups in total. The number of thiophene rings is 1. The molecule has 0 saturated heterocycles. The number of rotatable bonds is 7. The van der Waals surface area contributed by atoms with E-state index in [4.69, 9.17) is 14.5 Å². The number of benzene rings is 1. The van der Waals surface area contributed by atoms with Gasteiger partial charge in [0.2, 0.25) is 0 Å². The number of pyridine rings is 1. The SMILES string of the molecule is CCOC(=O)c1c(NC(=O)C(C)OC(=O)c2c3c(nc4ccccc24)CCN(CC)C3)sc2c1CCC(C)C2. The van der Waals surface area contributed by atoms with E-state index in [-0.39, 0.29) is 6.61 Å². The molecule has 0 radical (unpaired) electrons. The first kappa shape index (κ1) is 27.3. The van der Waals surface area contributed by atoms with E-state index in [0.29, 0.717) is 28.6 Å². The predicted octanol–water partition coefficient (Wildman–Crippen LogP) is 5.16. The summed E-state index contributed by atoms with van der Waals surface area (Å²) in [5.74, 6) is -0.947. The van der Waals surface area contributed by atoms with Gasteiger partial charge in [-0.05, 0) is 57.2 Å². The summed E-state index contributed by atoms with van der Waals surface area (Å²) in [5.41, 5.74) is 4.38. The quantitative estimate of drug-likeness (QED) is 0.407. The first-order chi connectivity index (χ1) is 18.8. The molecule has 206 valence electrons. The van der Waals surface area contributed by atoms with Crippen molar-refractivity contribution < 1.29 is 23.9 Å². The number of hydrogen-bond donors (Lipinski definition) is 1. The third-order valence-corrected chi connectivity index (χ3v) is 8.83. The maximum atomic E-state index is 13.6. The third-order valence-electron chi connectivity index (χ3n) is 7.66. The van der Waals surface area contributed by atoms with Crippen LogP contribution in [0.3, 0.4) is 0 Å². The van der Waals surface area contributed by atoms with Gasteiger partial charge in [0.25, 0.3) is 5.91 Å². The molecule has 1 aliphatic heterocycles. The van der Waals surface area contributed by atoms with Crippen LogP contribution in [-0.4, -0.2) is 53.5 Å². The van der Waals surface area contributed by atoms with E-state index in [1.165, 1.54) is 11.3 Å². The summed E-state index contributed by atoms with van der Waals surface area (Å²) in [6.45, 7) is 10.2. The van der Waals surface area contributed by atoms with E-state index in [2.05, 4.69) is 24.1 Å². The normalized spacial score (nSPS) is 17.7. The number of amides is 1. The molecule has 2 aliphatic rings. The average Bonchev–Trinajstić information content (AvgIpc) is 3.28. The zero-order chi connectivity index (χ0) is 27.7. The van der Waals surface area contributed by atoms with Crippen molar-refractivity contribution in [3.63, 3.8) is 0 Å². The van der Waals surface area contributed by atoms with Gasteiger partial charge in [0.15, 0.2) is 6.10 Å². The van der Waals surface area contributed by atoms with Crippen LogP contribution in [0.25, 0.3) is 10.9 Å². The van der Waals surface area contributed by atoms with Crippen LogP contribution < -0.4 is 5.32 Å². The molecule has 39 heavy (non-hydrogen) atoms. The molecule has 2 atom stereocenters. The van der Waals surface area contributed by atoms with Gasteiger partial charge in [-0.2, -0.15) is 0 Å². The van der Waals surface area contributed by atoms with Crippen LogP contribution in [0, 0.1) is 5.92 Å². The molecular weight excluding hydrogens is 514 g/mol. The number of hydrogen-bond acceptors (Lipinski definition) is 8. The van der Waals surface area contributed by atoms with Crippen molar-refractivity contribution in [2.45, 2.75) is 66.0 Å². The van der Waals surface area contributed by atoms with Crippen LogP contribution in [0.15, 0.2) is 24.3 Å². The van der Waals surface area contributed by atoms with E-state index in [9.17, 15) is 14.4 Å². The molecule has 0 spiro atoms. The van der Waals surface area contributed by atoms with Gasteiger partial charge in [-0.15, -0.1) is 11.3 Å². The fourth-order valence-corrected chi connectivity index (χ4v) is 6.90. The molecule has 0 fully saturated rings. The Morgan fingerprint density at radius 3 is 2.69 bits per heavy atom. The number of para-hydroxylation sites is 1. The van der Waals surface area contributed by atoms with Gasteiger partial charge in [-0.25, -0.2) is 9.59 Å². The number of fused-ring (bicyclic) bond motifs is 3. The Labute approximate surface area is 232 Å². The molecule has 3 heterocycles. The molecule has 1 amide bonds. The van der Waals surface area contributed by atoms with Crippen molar-refractivity contribution >= 4 is 45.1 Å². The third kappa shape index (κ3) is 5.43. The molecule has 5 rings (SSSR count). The number of nitrogens with one attached hydrogen (secondary N) is 1. The highest BCUT2D eigenvalue weighted by Gasteiger charge is 2.32. The molecule has 3 aromatic rings. The Morgan fingerprint density at radius 2 is 1.92 bits per heavy atom. The average molecular weight is 550 g/mol. The summed E-state index contributed by atoms with van der Waals surface area (Å²) < 4.78 is 11.1. The number of ether oxygens (including phenoxy) is 2. The molecule has 8 nitrogen and oxygen atoms in total. The smallest absolute Gasteiger partial charge is 0.341 e. The lowest BCUT2D eigenvalue weighted by molar-refractivity contribution is -0.123. The number of carbonyl (C=O) groups excluding carboxylic acids is 3. The summed E-state index contributed by atoms with van der Waals surface area (Å²) >= 11 is 1.42. The van der Waals surface area contributed by atoms with Crippen molar-refractivity contribution in [2.75, 3.05) is 25.0 Å². The van der Waals surface area contributed by atoms with Crippen LogP contribution in [0.2, 0.25) is 0 Å². The maximum absolute atomic E-state index is 13.6. The monoisotopic (exact) mass is 549 g/mol. The Bertz CT molecular complexity index is 1430. The van der Waals surface area contributed by atoms with E-state index in [1.807, 2.05) is 24.3 Å². The van der Waals surface area contributed by atoms with Crippen molar-refractivity contribution in [2.24, 2.45) is 5.92 Å². The van der Waals surface area contributed by atoms with Gasteiger partial charge in [-0.3, -0.25) is 14.7 Å². The first-order valence-electron chi connectivity index (χ1n) is 13.8. The summed E-state index contributed by atoms with van der Waals surface area (Å²) in [5, 5.41) is 4.06. The summed E-state index contributed by atoms with van der Waals surface area (Å²) in [6.07, 6.45) is 2.30. The van der Waals surface area contributed by atoms with Crippen molar-refractivity contribution in [1.82, 2.24) is 9.88 Å². The van der Waals surface area contributed by atoms with E-state index in [0.717, 1.165) is 71.4 Å². The minimum atomic E-state index is -1.07. The highest BCUT2D eigenvalue weighted by Crippen LogP contribution is 2.40. The Balaban J connectivity index is 1.40. The van der Waals surface area contributed by atoms with Crippen LogP contribution in [0.4, 0.5) is 5.00 Å². The lowest BCUT2D eigenvalue weighted by Crippen LogP contribution is -2.34. The highest BCUT2D eigenvalue weighted by molar-refractivity contribution is 7.17. The molecule has 0 saturated carbocycles. The van der Waals surface area contributed by atoms with Crippen LogP contribution in [-0.2, 0) is 40.1 Å². The lowest BCUT2D eigenvalue weighted by Gasteiger charge is -2.29. The Hall–Kier alpha value is -3.30. The summed E-state index contributed by atoms with van der Waals surface area (Å²) in [7, 11) is 0. The number of anilines is 1. The Kier molecular flexibility index (Phi) is 8.00. The molecule has 2 unspecified atom stereocenters. The largest absolute Gasteiger partial charge is 0.462 e. The standard InChI is InChI=1S/C30H35N3O5S/c1-5-33-14-13-23-21(16-33)25(19-9-7-8-10-22(19)31-23)30(36)38-18(4)27(34)32-28-26(29(35)37-6-2)20-12-11-17(3)15-24(20)39-28/h7-10,17-18H,5-6,11-16H2,1-4H3,(H,32,34). The molecule has 9 heteroatoms. The van der Waals surface area contributed by atoms with E-state index >= 15 is 0 Å². The van der Waals surface area contributed by atoms with Crippen LogP contribution in [0.5, 0.6) is 0 Å². The van der Waals surface area contributed by atoms with Gasteiger partial charge in [0, 0.05) is 41.0 Å². The number of esters is 2. The zero-order valence-corrected chi connectivity index (χ0v) is 23.8. The second-order valence-corrected chi connectivity index (χ2v) is 11.5. The van der Waals surface area contributed by atoms with Crippen LogP contribution >= 0.6 is 11.3 Å². The lowest BCUT2D eigenvalue weighted by atomic mass is 9.88. The van der Waals surface area contributed by atoms with Gasteiger partial charge in [0.1, 0.15) is 5.00 Å². The number of aromatic nitrogens is 1. The minimum Gasteiger partial charge on any atom is -0.462 e. The highest BCUT2D eigenvalue weighted by atomic mass is 32.1.